The zero-order chi connectivity index (χ0) is 11.3. The van der Waals surface area contributed by atoms with Crippen LogP contribution in [0.2, 0.25) is 0 Å². The highest BCUT2D eigenvalue weighted by atomic mass is 15.3. The highest BCUT2D eigenvalue weighted by Gasteiger charge is 1.99. The fourth-order valence-corrected chi connectivity index (χ4v) is 1.29. The maximum atomic E-state index is 5.72. The Morgan fingerprint density at radius 3 is 2.47 bits per heavy atom. The second-order valence-corrected chi connectivity index (χ2v) is 3.01. The lowest BCUT2D eigenvalue weighted by Gasteiger charge is -2.03. The Labute approximate surface area is 90.5 Å². The molecule has 0 unspecified atom stereocenters. The van der Waals surface area contributed by atoms with Crippen molar-refractivity contribution in [1.29, 1.82) is 0 Å². The summed E-state index contributed by atoms with van der Waals surface area (Å²) in [6.07, 6.45) is 1.69. The molecule has 1 aromatic carbocycles. The number of nitrogen functional groups attached to an aromatic ring is 1. The van der Waals surface area contributed by atoms with Gasteiger partial charge in [-0.1, -0.05) is 26.0 Å². The van der Waals surface area contributed by atoms with E-state index in [9.17, 15) is 0 Å². The van der Waals surface area contributed by atoms with Crippen LogP contribution in [0.15, 0.2) is 36.5 Å². The quantitative estimate of drug-likeness (QED) is 0.774. The number of nitrogens with zero attached hydrogens (tertiary/aromatic N) is 2. The molecule has 0 aliphatic carbocycles. The van der Waals surface area contributed by atoms with Crippen LogP contribution in [0.3, 0.4) is 0 Å². The predicted octanol–water partition coefficient (Wildman–Crippen LogP) is 2.79. The zero-order valence-corrected chi connectivity index (χ0v) is 9.44. The van der Waals surface area contributed by atoms with Crippen LogP contribution >= 0.6 is 0 Å². The molecule has 0 amide bonds. The Kier molecular flexibility index (Phi) is 3.92. The zero-order valence-electron chi connectivity index (χ0n) is 9.44. The summed E-state index contributed by atoms with van der Waals surface area (Å²) in [5.74, 6) is 0.658. The smallest absolute Gasteiger partial charge is 0.127 e. The summed E-state index contributed by atoms with van der Waals surface area (Å²) in [7, 11) is 0. The third kappa shape index (κ3) is 2.59. The average Bonchev–Trinajstić information content (AvgIpc) is 2.67. The molecular formula is C12H17N3. The van der Waals surface area contributed by atoms with Gasteiger partial charge in [-0.2, -0.15) is 5.10 Å². The largest absolute Gasteiger partial charge is 0.384 e. The summed E-state index contributed by atoms with van der Waals surface area (Å²) < 4.78 is 1.72. The fourth-order valence-electron chi connectivity index (χ4n) is 1.29. The highest BCUT2D eigenvalue weighted by Crippen LogP contribution is 2.12. The summed E-state index contributed by atoms with van der Waals surface area (Å²) in [6, 6.07) is 9.84. The molecular weight excluding hydrogens is 186 g/mol. The number of hydrogen-bond donors (Lipinski definition) is 1. The molecule has 2 rings (SSSR count). The van der Waals surface area contributed by atoms with Gasteiger partial charge in [0.25, 0.3) is 0 Å². The van der Waals surface area contributed by atoms with Crippen LogP contribution in [0.4, 0.5) is 5.82 Å². The molecule has 0 radical (unpaired) electrons. The first-order chi connectivity index (χ1) is 7.27. The summed E-state index contributed by atoms with van der Waals surface area (Å²) in [4.78, 5) is 0. The van der Waals surface area contributed by atoms with Crippen LogP contribution in [0.5, 0.6) is 0 Å². The van der Waals surface area contributed by atoms with Gasteiger partial charge in [0, 0.05) is 6.07 Å². The second kappa shape index (κ2) is 5.20. The molecule has 1 aromatic heterocycles. The van der Waals surface area contributed by atoms with Crippen LogP contribution < -0.4 is 5.73 Å². The van der Waals surface area contributed by atoms with Gasteiger partial charge in [-0.15, -0.1) is 0 Å². The lowest BCUT2D eigenvalue weighted by molar-refractivity contribution is 0.890. The minimum absolute atomic E-state index is 0.658. The molecule has 0 spiro atoms. The van der Waals surface area contributed by atoms with Gasteiger partial charge in [0.05, 0.1) is 11.9 Å². The molecule has 0 aliphatic heterocycles. The maximum absolute atomic E-state index is 5.72. The topological polar surface area (TPSA) is 43.8 Å². The van der Waals surface area contributed by atoms with E-state index in [1.807, 2.05) is 45.0 Å². The molecule has 3 heteroatoms. The van der Waals surface area contributed by atoms with Gasteiger partial charge < -0.3 is 5.73 Å². The molecule has 0 fully saturated rings. The van der Waals surface area contributed by atoms with Crippen molar-refractivity contribution in [2.24, 2.45) is 0 Å². The van der Waals surface area contributed by atoms with Gasteiger partial charge in [-0.25, -0.2) is 4.68 Å². The minimum atomic E-state index is 0.658. The van der Waals surface area contributed by atoms with Crippen molar-refractivity contribution in [3.8, 4) is 5.69 Å². The number of anilines is 1. The molecule has 80 valence electrons. The predicted molar refractivity (Wildman–Crippen MR) is 64.1 cm³/mol. The lowest BCUT2D eigenvalue weighted by Crippen LogP contribution is -2.01. The molecule has 0 saturated heterocycles. The second-order valence-electron chi connectivity index (χ2n) is 3.01. The van der Waals surface area contributed by atoms with Gasteiger partial charge in [-0.05, 0) is 24.6 Å². The van der Waals surface area contributed by atoms with E-state index in [1.165, 1.54) is 5.56 Å². The SMILES string of the molecule is CC.Cc1cccc(-n2nccc2N)c1. The number of aromatic nitrogens is 2. The monoisotopic (exact) mass is 203 g/mol. The van der Waals surface area contributed by atoms with Crippen molar-refractivity contribution >= 4 is 5.82 Å². The van der Waals surface area contributed by atoms with Crippen LogP contribution in [0.1, 0.15) is 19.4 Å². The van der Waals surface area contributed by atoms with Crippen molar-refractivity contribution in [2.45, 2.75) is 20.8 Å². The maximum Gasteiger partial charge on any atom is 0.127 e. The summed E-state index contributed by atoms with van der Waals surface area (Å²) >= 11 is 0. The van der Waals surface area contributed by atoms with Crippen LogP contribution in [-0.2, 0) is 0 Å². The Morgan fingerprint density at radius 1 is 1.20 bits per heavy atom. The molecule has 3 nitrogen and oxygen atoms in total. The van der Waals surface area contributed by atoms with Gasteiger partial charge in [0.15, 0.2) is 0 Å². The molecule has 0 saturated carbocycles. The van der Waals surface area contributed by atoms with Crippen molar-refractivity contribution in [2.75, 3.05) is 5.73 Å². The van der Waals surface area contributed by atoms with E-state index in [2.05, 4.69) is 5.10 Å². The van der Waals surface area contributed by atoms with Crippen molar-refractivity contribution < 1.29 is 0 Å². The number of rotatable bonds is 1. The standard InChI is InChI=1S/C10H11N3.C2H6/c1-8-3-2-4-9(7-8)13-10(11)5-6-12-13;1-2/h2-7H,11H2,1H3;1-2H3. The average molecular weight is 203 g/mol. The third-order valence-corrected chi connectivity index (χ3v) is 1.92. The van der Waals surface area contributed by atoms with E-state index >= 15 is 0 Å². The van der Waals surface area contributed by atoms with Crippen LogP contribution in [0, 0.1) is 6.92 Å². The number of nitrogens with two attached hydrogens (primary N) is 1. The first kappa shape index (κ1) is 11.3. The van der Waals surface area contributed by atoms with Gasteiger partial charge >= 0.3 is 0 Å². The molecule has 2 aromatic rings. The van der Waals surface area contributed by atoms with Gasteiger partial charge in [0.1, 0.15) is 5.82 Å². The van der Waals surface area contributed by atoms with Crippen molar-refractivity contribution in [3.05, 3.63) is 42.1 Å². The Bertz CT molecular complexity index is 418. The molecule has 0 aliphatic rings. The highest BCUT2D eigenvalue weighted by molar-refractivity contribution is 5.42. The van der Waals surface area contributed by atoms with E-state index in [1.54, 1.807) is 16.9 Å². The summed E-state index contributed by atoms with van der Waals surface area (Å²) in [5, 5.41) is 4.12. The first-order valence-electron chi connectivity index (χ1n) is 5.14. The first-order valence-corrected chi connectivity index (χ1v) is 5.14. The molecule has 2 N–H and O–H groups in total. The van der Waals surface area contributed by atoms with E-state index in [-0.39, 0.29) is 0 Å². The molecule has 0 atom stereocenters. The Morgan fingerprint density at radius 2 is 1.93 bits per heavy atom. The number of hydrogen-bond acceptors (Lipinski definition) is 2. The van der Waals surface area contributed by atoms with E-state index in [0.717, 1.165) is 5.69 Å². The van der Waals surface area contributed by atoms with E-state index < -0.39 is 0 Å². The lowest BCUT2D eigenvalue weighted by atomic mass is 10.2. The van der Waals surface area contributed by atoms with Crippen molar-refractivity contribution in [1.82, 2.24) is 9.78 Å². The summed E-state index contributed by atoms with van der Waals surface area (Å²) in [6.45, 7) is 6.04. The van der Waals surface area contributed by atoms with Crippen molar-refractivity contribution in [3.63, 3.8) is 0 Å². The molecule has 0 bridgehead atoms. The van der Waals surface area contributed by atoms with E-state index in [4.69, 9.17) is 5.73 Å². The van der Waals surface area contributed by atoms with Gasteiger partial charge in [-0.3, -0.25) is 0 Å². The molecule has 1 heterocycles. The minimum Gasteiger partial charge on any atom is -0.384 e. The third-order valence-electron chi connectivity index (χ3n) is 1.92. The Hall–Kier alpha value is -1.77. The Balaban J connectivity index is 0.000000531. The molecule has 15 heavy (non-hydrogen) atoms. The van der Waals surface area contributed by atoms with Crippen LogP contribution in [-0.4, -0.2) is 9.78 Å². The van der Waals surface area contributed by atoms with Crippen LogP contribution in [0.25, 0.3) is 5.69 Å². The number of benzene rings is 1. The number of aryl methyl sites for hydroxylation is 1. The van der Waals surface area contributed by atoms with Gasteiger partial charge in [0.2, 0.25) is 0 Å². The summed E-state index contributed by atoms with van der Waals surface area (Å²) in [5.41, 5.74) is 7.93. The van der Waals surface area contributed by atoms with E-state index in [0.29, 0.717) is 5.82 Å². The fraction of sp³-hybridized carbons (Fsp3) is 0.250. The normalized spacial score (nSPS) is 9.27.